The van der Waals surface area contributed by atoms with E-state index in [-0.39, 0.29) is 25.4 Å². The minimum absolute atomic E-state index is 0.130. The third kappa shape index (κ3) is 6.04. The van der Waals surface area contributed by atoms with Crippen molar-refractivity contribution in [3.63, 3.8) is 0 Å². The summed E-state index contributed by atoms with van der Waals surface area (Å²) < 4.78 is 4.66. The molecule has 0 aliphatic carbocycles. The monoisotopic (exact) mass is 261 g/mol. The van der Waals surface area contributed by atoms with Gasteiger partial charge in [-0.1, -0.05) is 0 Å². The molecule has 0 radical (unpaired) electrons. The molecule has 0 aliphatic rings. The van der Waals surface area contributed by atoms with E-state index < -0.39 is 18.1 Å². The van der Waals surface area contributed by atoms with Gasteiger partial charge in [-0.3, -0.25) is 4.79 Å². The molecule has 0 heterocycles. The average Bonchev–Trinajstić information content (AvgIpc) is 2.35. The number of urea groups is 1. The smallest absolute Gasteiger partial charge is 0.334 e. The van der Waals surface area contributed by atoms with Crippen molar-refractivity contribution in [3.8, 4) is 0 Å². The molecule has 0 fully saturated rings. The Morgan fingerprint density at radius 1 is 1.39 bits per heavy atom. The predicted octanol–water partition coefficient (Wildman–Crippen LogP) is -1.14. The summed E-state index contributed by atoms with van der Waals surface area (Å²) in [4.78, 5) is 34.4. The summed E-state index contributed by atoms with van der Waals surface area (Å²) in [5.74, 6) is -1.32. The minimum Gasteiger partial charge on any atom is -0.479 e. The van der Waals surface area contributed by atoms with Crippen LogP contribution in [-0.2, 0) is 14.3 Å². The van der Waals surface area contributed by atoms with Gasteiger partial charge in [0.2, 0.25) is 5.91 Å². The van der Waals surface area contributed by atoms with Crippen molar-refractivity contribution in [3.05, 3.63) is 0 Å². The number of rotatable bonds is 7. The summed E-state index contributed by atoms with van der Waals surface area (Å²) in [5, 5.41) is 13.5. The number of aliphatic carboxylic acids is 1. The van der Waals surface area contributed by atoms with Gasteiger partial charge < -0.3 is 25.4 Å². The molecule has 1 atom stereocenters. The third-order valence-electron chi connectivity index (χ3n) is 2.30. The fourth-order valence-electron chi connectivity index (χ4n) is 1.08. The van der Waals surface area contributed by atoms with Gasteiger partial charge >= 0.3 is 12.0 Å². The first-order valence-corrected chi connectivity index (χ1v) is 5.37. The topological polar surface area (TPSA) is 108 Å². The van der Waals surface area contributed by atoms with E-state index in [4.69, 9.17) is 5.11 Å². The van der Waals surface area contributed by atoms with E-state index in [0.717, 1.165) is 0 Å². The van der Waals surface area contributed by atoms with Crippen LogP contribution in [0.25, 0.3) is 0 Å². The largest absolute Gasteiger partial charge is 0.479 e. The molecule has 3 amide bonds. The Kier molecular flexibility index (Phi) is 7.45. The number of carboxylic acids is 1. The Labute approximate surface area is 105 Å². The molecule has 104 valence electrons. The summed E-state index contributed by atoms with van der Waals surface area (Å²) in [5.41, 5.74) is 0. The molecule has 0 saturated carbocycles. The van der Waals surface area contributed by atoms with Gasteiger partial charge in [-0.05, 0) is 0 Å². The Balaban J connectivity index is 4.01. The van der Waals surface area contributed by atoms with E-state index >= 15 is 0 Å². The number of carbonyl (C=O) groups is 3. The van der Waals surface area contributed by atoms with Gasteiger partial charge in [0.15, 0.2) is 6.10 Å². The van der Waals surface area contributed by atoms with Crippen molar-refractivity contribution in [1.29, 1.82) is 0 Å². The molecular weight excluding hydrogens is 242 g/mol. The number of carbonyl (C=O) groups excluding carboxylic acids is 2. The molecule has 0 rings (SSSR count). The quantitative estimate of drug-likeness (QED) is 0.537. The molecule has 8 nitrogen and oxygen atoms in total. The Morgan fingerprint density at radius 3 is 2.44 bits per heavy atom. The van der Waals surface area contributed by atoms with Gasteiger partial charge in [-0.25, -0.2) is 9.59 Å². The molecule has 0 spiro atoms. The number of hydrogen-bond donors (Lipinski definition) is 3. The molecule has 0 saturated heterocycles. The van der Waals surface area contributed by atoms with E-state index in [1.807, 2.05) is 0 Å². The molecule has 8 heteroatoms. The van der Waals surface area contributed by atoms with Gasteiger partial charge in [0, 0.05) is 34.2 Å². The maximum atomic E-state index is 11.5. The first-order chi connectivity index (χ1) is 8.42. The van der Waals surface area contributed by atoms with Gasteiger partial charge in [-0.15, -0.1) is 0 Å². The zero-order valence-electron chi connectivity index (χ0n) is 10.7. The lowest BCUT2D eigenvalue weighted by Gasteiger charge is -2.19. The molecule has 3 N–H and O–H groups in total. The third-order valence-corrected chi connectivity index (χ3v) is 2.30. The minimum atomic E-state index is -1.15. The summed E-state index contributed by atoms with van der Waals surface area (Å²) in [6.07, 6.45) is -0.895. The lowest BCUT2D eigenvalue weighted by molar-refractivity contribution is -0.148. The van der Waals surface area contributed by atoms with Crippen LogP contribution in [0, 0.1) is 0 Å². The van der Waals surface area contributed by atoms with Crippen molar-refractivity contribution in [2.24, 2.45) is 0 Å². The van der Waals surface area contributed by atoms with E-state index in [0.29, 0.717) is 0 Å². The van der Waals surface area contributed by atoms with E-state index in [9.17, 15) is 14.4 Å². The Hall–Kier alpha value is -1.83. The van der Waals surface area contributed by atoms with Gasteiger partial charge in [0.1, 0.15) is 0 Å². The number of ether oxygens (including phenoxy) is 1. The van der Waals surface area contributed by atoms with Crippen LogP contribution < -0.4 is 10.6 Å². The lowest BCUT2D eigenvalue weighted by Crippen LogP contribution is -2.44. The number of amides is 3. The second kappa shape index (κ2) is 8.29. The fraction of sp³-hybridized carbons (Fsp3) is 0.700. The maximum absolute atomic E-state index is 11.5. The second-order valence-corrected chi connectivity index (χ2v) is 3.59. The van der Waals surface area contributed by atoms with Crippen LogP contribution in [0.4, 0.5) is 4.79 Å². The van der Waals surface area contributed by atoms with Gasteiger partial charge in [0.25, 0.3) is 0 Å². The first kappa shape index (κ1) is 16.2. The molecule has 18 heavy (non-hydrogen) atoms. The predicted molar refractivity (Wildman–Crippen MR) is 63.1 cm³/mol. The highest BCUT2D eigenvalue weighted by molar-refractivity contribution is 5.78. The zero-order chi connectivity index (χ0) is 14.1. The molecule has 0 aromatic rings. The molecule has 0 aliphatic heterocycles. The van der Waals surface area contributed by atoms with Crippen molar-refractivity contribution >= 4 is 17.9 Å². The highest BCUT2D eigenvalue weighted by Gasteiger charge is 2.18. The van der Waals surface area contributed by atoms with Crippen LogP contribution in [0.15, 0.2) is 0 Å². The first-order valence-electron chi connectivity index (χ1n) is 5.37. The van der Waals surface area contributed by atoms with E-state index in [1.165, 1.54) is 26.1 Å². The zero-order valence-corrected chi connectivity index (χ0v) is 10.7. The highest BCUT2D eigenvalue weighted by atomic mass is 16.5. The molecule has 0 bridgehead atoms. The summed E-state index contributed by atoms with van der Waals surface area (Å²) in [6.45, 7) is 0.116. The van der Waals surface area contributed by atoms with Crippen LogP contribution in [0.1, 0.15) is 6.42 Å². The fourth-order valence-corrected chi connectivity index (χ4v) is 1.08. The normalized spacial score (nSPS) is 11.5. The van der Waals surface area contributed by atoms with E-state index in [2.05, 4.69) is 15.4 Å². The van der Waals surface area contributed by atoms with Crippen LogP contribution in [0.2, 0.25) is 0 Å². The van der Waals surface area contributed by atoms with Crippen LogP contribution in [0.3, 0.4) is 0 Å². The number of carboxylic acid groups (broad SMARTS) is 1. The number of nitrogens with zero attached hydrogens (tertiary/aromatic N) is 1. The second-order valence-electron chi connectivity index (χ2n) is 3.59. The van der Waals surface area contributed by atoms with Crippen LogP contribution in [-0.4, -0.2) is 68.3 Å². The summed E-state index contributed by atoms with van der Waals surface area (Å²) in [6, 6.07) is -0.456. The van der Waals surface area contributed by atoms with Crippen molar-refractivity contribution in [1.82, 2.24) is 15.5 Å². The molecular formula is C10H19N3O5. The number of hydrogen-bond acceptors (Lipinski definition) is 4. The maximum Gasteiger partial charge on any atom is 0.334 e. The van der Waals surface area contributed by atoms with Crippen molar-refractivity contribution in [2.75, 3.05) is 34.3 Å². The van der Waals surface area contributed by atoms with Crippen LogP contribution in [0.5, 0.6) is 0 Å². The average molecular weight is 261 g/mol. The van der Waals surface area contributed by atoms with Crippen molar-refractivity contribution < 1.29 is 24.2 Å². The molecule has 1 unspecified atom stereocenters. The van der Waals surface area contributed by atoms with Crippen molar-refractivity contribution in [2.45, 2.75) is 12.5 Å². The lowest BCUT2D eigenvalue weighted by atomic mass is 10.3. The van der Waals surface area contributed by atoms with Crippen LogP contribution >= 0.6 is 0 Å². The summed E-state index contributed by atoms with van der Waals surface area (Å²) in [7, 11) is 4.28. The SMILES string of the molecule is CNC(=O)CCN(C)C(=O)NCC(OC)C(=O)O. The summed E-state index contributed by atoms with van der Waals surface area (Å²) >= 11 is 0. The van der Waals surface area contributed by atoms with E-state index in [1.54, 1.807) is 0 Å². The van der Waals surface area contributed by atoms with Gasteiger partial charge in [0.05, 0.1) is 6.54 Å². The molecule has 0 aromatic carbocycles. The Bertz CT molecular complexity index is 308. The Morgan fingerprint density at radius 2 is 2.00 bits per heavy atom. The standard InChI is InChI=1S/C10H19N3O5/c1-11-8(14)4-5-13(2)10(17)12-6-7(18-3)9(15)16/h7H,4-6H2,1-3H3,(H,11,14)(H,12,17)(H,15,16). The molecule has 0 aromatic heterocycles. The number of methoxy groups -OCH3 is 1. The highest BCUT2D eigenvalue weighted by Crippen LogP contribution is 1.92. The van der Waals surface area contributed by atoms with Gasteiger partial charge in [-0.2, -0.15) is 0 Å². The number of nitrogens with one attached hydrogen (secondary N) is 2.